The smallest absolute Gasteiger partial charge is 0.209 e. The van der Waals surface area contributed by atoms with E-state index in [2.05, 4.69) is 5.10 Å². The Balaban J connectivity index is 2.62. The van der Waals surface area contributed by atoms with Gasteiger partial charge < -0.3 is 0 Å². The van der Waals surface area contributed by atoms with Crippen molar-refractivity contribution in [1.29, 1.82) is 0 Å². The SMILES string of the molecule is Cc1cn(C)nc1CC[N+](=O)[O-]. The van der Waals surface area contributed by atoms with Crippen LogP contribution in [0, 0.1) is 17.0 Å². The number of nitrogens with zero attached hydrogens (tertiary/aromatic N) is 3. The second-order valence-corrected chi connectivity index (χ2v) is 2.74. The molecule has 1 aromatic heterocycles. The largest absolute Gasteiger partial charge is 0.275 e. The Morgan fingerprint density at radius 3 is 2.83 bits per heavy atom. The van der Waals surface area contributed by atoms with Crippen LogP contribution in [0.5, 0.6) is 0 Å². The minimum absolute atomic E-state index is 0.0438. The summed E-state index contributed by atoms with van der Waals surface area (Å²) in [6.07, 6.45) is 2.27. The molecule has 1 rings (SSSR count). The average molecular weight is 169 g/mol. The molecule has 5 nitrogen and oxygen atoms in total. The molecular formula is C7H11N3O2. The lowest BCUT2D eigenvalue weighted by Crippen LogP contribution is -2.05. The third kappa shape index (κ3) is 2.05. The minimum atomic E-state index is -0.325. The maximum absolute atomic E-state index is 10.1. The molecule has 0 bridgehead atoms. The molecule has 0 atom stereocenters. The lowest BCUT2D eigenvalue weighted by atomic mass is 10.2. The molecule has 0 aromatic carbocycles. The first-order valence-electron chi connectivity index (χ1n) is 3.70. The Labute approximate surface area is 70.2 Å². The highest BCUT2D eigenvalue weighted by Crippen LogP contribution is 2.04. The minimum Gasteiger partial charge on any atom is -0.275 e. The summed E-state index contributed by atoms with van der Waals surface area (Å²) in [5.74, 6) is 0. The quantitative estimate of drug-likeness (QED) is 0.490. The van der Waals surface area contributed by atoms with Crippen LogP contribution in [0.2, 0.25) is 0 Å². The maximum atomic E-state index is 10.1. The van der Waals surface area contributed by atoms with Crippen molar-refractivity contribution in [3.8, 4) is 0 Å². The molecule has 0 spiro atoms. The van der Waals surface area contributed by atoms with Crippen molar-refractivity contribution in [1.82, 2.24) is 9.78 Å². The van der Waals surface area contributed by atoms with E-state index in [-0.39, 0.29) is 11.5 Å². The van der Waals surface area contributed by atoms with Crippen LogP contribution in [0.15, 0.2) is 6.20 Å². The van der Waals surface area contributed by atoms with Crippen molar-refractivity contribution < 1.29 is 4.92 Å². The molecular weight excluding hydrogens is 158 g/mol. The number of aromatic nitrogens is 2. The predicted molar refractivity (Wildman–Crippen MR) is 43.5 cm³/mol. The van der Waals surface area contributed by atoms with Gasteiger partial charge in [0.05, 0.1) is 12.1 Å². The molecule has 0 aliphatic carbocycles. The van der Waals surface area contributed by atoms with Crippen molar-refractivity contribution in [2.24, 2.45) is 7.05 Å². The van der Waals surface area contributed by atoms with Crippen molar-refractivity contribution in [2.75, 3.05) is 6.54 Å². The van der Waals surface area contributed by atoms with Gasteiger partial charge in [-0.15, -0.1) is 0 Å². The predicted octanol–water partition coefficient (Wildman–Crippen LogP) is 0.548. The third-order valence-electron chi connectivity index (χ3n) is 1.65. The zero-order valence-electron chi connectivity index (χ0n) is 7.15. The first kappa shape index (κ1) is 8.70. The van der Waals surface area contributed by atoms with Gasteiger partial charge in [-0.1, -0.05) is 0 Å². The van der Waals surface area contributed by atoms with Crippen LogP contribution < -0.4 is 0 Å². The molecule has 66 valence electrons. The maximum Gasteiger partial charge on any atom is 0.209 e. The first-order chi connectivity index (χ1) is 5.59. The Kier molecular flexibility index (Phi) is 2.42. The van der Waals surface area contributed by atoms with E-state index in [1.807, 2.05) is 20.2 Å². The van der Waals surface area contributed by atoms with Gasteiger partial charge in [0.25, 0.3) is 0 Å². The van der Waals surface area contributed by atoms with Crippen LogP contribution in [0.1, 0.15) is 11.3 Å². The average Bonchev–Trinajstić information content (AvgIpc) is 2.26. The van der Waals surface area contributed by atoms with E-state index in [4.69, 9.17) is 0 Å². The van der Waals surface area contributed by atoms with Crippen LogP contribution >= 0.6 is 0 Å². The molecule has 1 aromatic rings. The highest BCUT2D eigenvalue weighted by atomic mass is 16.6. The summed E-state index contributed by atoms with van der Waals surface area (Å²) in [7, 11) is 1.81. The number of nitro groups is 1. The molecule has 0 N–H and O–H groups in total. The molecule has 0 amide bonds. The van der Waals surface area contributed by atoms with E-state index in [0.717, 1.165) is 11.3 Å². The molecule has 0 radical (unpaired) electrons. The summed E-state index contributed by atoms with van der Waals surface area (Å²) < 4.78 is 1.67. The molecule has 0 saturated heterocycles. The summed E-state index contributed by atoms with van der Waals surface area (Å²) >= 11 is 0. The zero-order chi connectivity index (χ0) is 9.14. The van der Waals surface area contributed by atoms with Crippen LogP contribution in [0.3, 0.4) is 0 Å². The van der Waals surface area contributed by atoms with Crippen LogP contribution in [-0.2, 0) is 13.5 Å². The molecule has 5 heteroatoms. The number of aryl methyl sites for hydroxylation is 2. The van der Waals surface area contributed by atoms with Crippen molar-refractivity contribution >= 4 is 0 Å². The van der Waals surface area contributed by atoms with E-state index in [1.165, 1.54) is 0 Å². The Hall–Kier alpha value is -1.39. The molecule has 0 aliphatic heterocycles. The second-order valence-electron chi connectivity index (χ2n) is 2.74. The fraction of sp³-hybridized carbons (Fsp3) is 0.571. The zero-order valence-corrected chi connectivity index (χ0v) is 7.15. The van der Waals surface area contributed by atoms with E-state index in [9.17, 15) is 10.1 Å². The molecule has 0 fully saturated rings. The first-order valence-corrected chi connectivity index (χ1v) is 3.70. The fourth-order valence-electron chi connectivity index (χ4n) is 1.10. The standard InChI is InChI=1S/C7H11N3O2/c1-6-5-9(2)8-7(6)3-4-10(11)12/h5H,3-4H2,1-2H3. The second kappa shape index (κ2) is 3.34. The van der Waals surface area contributed by atoms with Gasteiger partial charge in [-0.2, -0.15) is 5.10 Å². The summed E-state index contributed by atoms with van der Waals surface area (Å²) in [4.78, 5) is 9.74. The van der Waals surface area contributed by atoms with E-state index in [0.29, 0.717) is 6.42 Å². The van der Waals surface area contributed by atoms with Crippen LogP contribution in [0.4, 0.5) is 0 Å². The topological polar surface area (TPSA) is 61.0 Å². The van der Waals surface area contributed by atoms with Gasteiger partial charge in [-0.25, -0.2) is 0 Å². The van der Waals surface area contributed by atoms with Gasteiger partial charge in [0, 0.05) is 18.2 Å². The molecule has 1 heterocycles. The van der Waals surface area contributed by atoms with Gasteiger partial charge in [0.1, 0.15) is 0 Å². The summed E-state index contributed by atoms with van der Waals surface area (Å²) in [6, 6.07) is 0. The van der Waals surface area contributed by atoms with Gasteiger partial charge in [-0.05, 0) is 12.5 Å². The molecule has 0 aliphatic rings. The Morgan fingerprint density at radius 2 is 2.42 bits per heavy atom. The number of hydrogen-bond acceptors (Lipinski definition) is 3. The highest BCUT2D eigenvalue weighted by molar-refractivity contribution is 5.14. The van der Waals surface area contributed by atoms with Crippen molar-refractivity contribution in [3.63, 3.8) is 0 Å². The van der Waals surface area contributed by atoms with Gasteiger partial charge in [0.2, 0.25) is 6.54 Å². The Bertz CT molecular complexity index is 293. The summed E-state index contributed by atoms with van der Waals surface area (Å²) in [5.41, 5.74) is 1.83. The van der Waals surface area contributed by atoms with Gasteiger partial charge >= 0.3 is 0 Å². The van der Waals surface area contributed by atoms with Crippen molar-refractivity contribution in [2.45, 2.75) is 13.3 Å². The monoisotopic (exact) mass is 169 g/mol. The summed E-state index contributed by atoms with van der Waals surface area (Å²) in [5, 5.41) is 14.2. The lowest BCUT2D eigenvalue weighted by molar-refractivity contribution is -0.479. The number of rotatable bonds is 3. The van der Waals surface area contributed by atoms with E-state index < -0.39 is 0 Å². The van der Waals surface area contributed by atoms with Gasteiger partial charge in [-0.3, -0.25) is 14.8 Å². The molecule has 0 unspecified atom stereocenters. The Morgan fingerprint density at radius 1 is 1.75 bits per heavy atom. The third-order valence-corrected chi connectivity index (χ3v) is 1.65. The van der Waals surface area contributed by atoms with E-state index >= 15 is 0 Å². The van der Waals surface area contributed by atoms with Crippen molar-refractivity contribution in [3.05, 3.63) is 27.6 Å². The molecule has 12 heavy (non-hydrogen) atoms. The van der Waals surface area contributed by atoms with Crippen LogP contribution in [-0.4, -0.2) is 21.2 Å². The molecule has 0 saturated carbocycles. The van der Waals surface area contributed by atoms with E-state index in [1.54, 1.807) is 4.68 Å². The lowest BCUT2D eigenvalue weighted by Gasteiger charge is -1.91. The fourth-order valence-corrected chi connectivity index (χ4v) is 1.10. The van der Waals surface area contributed by atoms with Gasteiger partial charge in [0.15, 0.2) is 0 Å². The van der Waals surface area contributed by atoms with Crippen LogP contribution in [0.25, 0.3) is 0 Å². The normalized spacial score (nSPS) is 10.2. The highest BCUT2D eigenvalue weighted by Gasteiger charge is 2.06. The number of hydrogen-bond donors (Lipinski definition) is 0. The summed E-state index contributed by atoms with van der Waals surface area (Å²) in [6.45, 7) is 1.86.